The van der Waals surface area contributed by atoms with Crippen LogP contribution in [0.3, 0.4) is 0 Å². The second kappa shape index (κ2) is 4.09. The summed E-state index contributed by atoms with van der Waals surface area (Å²) in [5, 5.41) is 10.7. The van der Waals surface area contributed by atoms with Crippen LogP contribution in [0, 0.1) is 6.92 Å². The Kier molecular flexibility index (Phi) is 2.80. The molecule has 78 valence electrons. The second-order valence-corrected chi connectivity index (χ2v) is 3.88. The molecule has 0 saturated heterocycles. The number of benzene rings is 1. The normalized spacial score (nSPS) is 12.7. The molecule has 2 nitrogen and oxygen atoms in total. The fraction of sp³-hybridized carbons (Fsp3) is 0.167. The third kappa shape index (κ3) is 2.06. The molecular formula is C12H11ClO2. The minimum atomic E-state index is -0.653. The molecule has 1 unspecified atom stereocenters. The topological polar surface area (TPSA) is 33.4 Å². The summed E-state index contributed by atoms with van der Waals surface area (Å²) in [6, 6.07) is 7.22. The van der Waals surface area contributed by atoms with Crippen LogP contribution in [0.5, 0.6) is 0 Å². The standard InChI is InChI=1S/C12H11ClO2/c1-8-6-9(2-3-11(8)13)12(14)10-4-5-15-7-10/h2-7,12,14H,1H3. The number of aliphatic hydroxyl groups excluding tert-OH is 1. The molecule has 1 N–H and O–H groups in total. The summed E-state index contributed by atoms with van der Waals surface area (Å²) in [5.74, 6) is 0. The highest BCUT2D eigenvalue weighted by Gasteiger charge is 2.12. The van der Waals surface area contributed by atoms with Crippen molar-refractivity contribution < 1.29 is 9.52 Å². The molecule has 0 aliphatic heterocycles. The van der Waals surface area contributed by atoms with Gasteiger partial charge in [-0.05, 0) is 30.2 Å². The fourth-order valence-electron chi connectivity index (χ4n) is 1.46. The van der Waals surface area contributed by atoms with Crippen LogP contribution in [-0.2, 0) is 0 Å². The summed E-state index contributed by atoms with van der Waals surface area (Å²) in [6.07, 6.45) is 2.43. The van der Waals surface area contributed by atoms with E-state index in [4.69, 9.17) is 16.0 Å². The van der Waals surface area contributed by atoms with Crippen molar-refractivity contribution in [1.29, 1.82) is 0 Å². The Balaban J connectivity index is 2.34. The van der Waals surface area contributed by atoms with Crippen molar-refractivity contribution in [3.63, 3.8) is 0 Å². The first-order chi connectivity index (χ1) is 7.18. The zero-order valence-corrected chi connectivity index (χ0v) is 9.03. The fourth-order valence-corrected chi connectivity index (χ4v) is 1.58. The van der Waals surface area contributed by atoms with E-state index in [1.165, 1.54) is 6.26 Å². The van der Waals surface area contributed by atoms with Crippen molar-refractivity contribution in [2.45, 2.75) is 13.0 Å². The van der Waals surface area contributed by atoms with Gasteiger partial charge in [0.2, 0.25) is 0 Å². The number of aryl methyl sites for hydroxylation is 1. The Morgan fingerprint density at radius 3 is 2.67 bits per heavy atom. The maximum Gasteiger partial charge on any atom is 0.107 e. The van der Waals surface area contributed by atoms with Crippen LogP contribution < -0.4 is 0 Å². The number of aliphatic hydroxyl groups is 1. The van der Waals surface area contributed by atoms with Crippen molar-refractivity contribution in [3.8, 4) is 0 Å². The Labute approximate surface area is 93.1 Å². The third-order valence-electron chi connectivity index (χ3n) is 2.36. The van der Waals surface area contributed by atoms with Crippen molar-refractivity contribution in [3.05, 3.63) is 58.5 Å². The number of halogens is 1. The number of rotatable bonds is 2. The Hall–Kier alpha value is -1.25. The average molecular weight is 223 g/mol. The van der Waals surface area contributed by atoms with Gasteiger partial charge in [0.05, 0.1) is 12.5 Å². The van der Waals surface area contributed by atoms with E-state index in [-0.39, 0.29) is 0 Å². The van der Waals surface area contributed by atoms with Crippen LogP contribution in [0.4, 0.5) is 0 Å². The van der Waals surface area contributed by atoms with Crippen LogP contribution in [0.2, 0.25) is 5.02 Å². The van der Waals surface area contributed by atoms with E-state index in [2.05, 4.69) is 0 Å². The van der Waals surface area contributed by atoms with Crippen LogP contribution in [0.25, 0.3) is 0 Å². The monoisotopic (exact) mass is 222 g/mol. The van der Waals surface area contributed by atoms with Crippen LogP contribution in [-0.4, -0.2) is 5.11 Å². The molecule has 1 heterocycles. The molecule has 0 aliphatic rings. The maximum atomic E-state index is 9.99. The van der Waals surface area contributed by atoms with E-state index in [0.717, 1.165) is 16.7 Å². The number of furan rings is 1. The summed E-state index contributed by atoms with van der Waals surface area (Å²) in [5.41, 5.74) is 2.52. The molecule has 15 heavy (non-hydrogen) atoms. The lowest BCUT2D eigenvalue weighted by molar-refractivity contribution is 0.219. The summed E-state index contributed by atoms with van der Waals surface area (Å²) in [6.45, 7) is 1.91. The molecule has 2 aromatic rings. The Bertz CT molecular complexity index is 449. The van der Waals surface area contributed by atoms with Crippen molar-refractivity contribution in [2.24, 2.45) is 0 Å². The SMILES string of the molecule is Cc1cc(C(O)c2ccoc2)ccc1Cl. The summed E-state index contributed by atoms with van der Waals surface area (Å²) in [7, 11) is 0. The van der Waals surface area contributed by atoms with Gasteiger partial charge in [-0.1, -0.05) is 23.7 Å². The molecule has 2 rings (SSSR count). The minimum Gasteiger partial charge on any atom is -0.472 e. The van der Waals surface area contributed by atoms with Crippen molar-refractivity contribution >= 4 is 11.6 Å². The summed E-state index contributed by atoms with van der Waals surface area (Å²) in [4.78, 5) is 0. The van der Waals surface area contributed by atoms with E-state index < -0.39 is 6.10 Å². The van der Waals surface area contributed by atoms with Gasteiger partial charge < -0.3 is 9.52 Å². The van der Waals surface area contributed by atoms with Gasteiger partial charge in [-0.3, -0.25) is 0 Å². The van der Waals surface area contributed by atoms with Gasteiger partial charge in [-0.15, -0.1) is 0 Å². The van der Waals surface area contributed by atoms with E-state index >= 15 is 0 Å². The zero-order chi connectivity index (χ0) is 10.8. The minimum absolute atomic E-state index is 0.653. The quantitative estimate of drug-likeness (QED) is 0.846. The molecule has 0 saturated carbocycles. The van der Waals surface area contributed by atoms with E-state index in [1.54, 1.807) is 18.4 Å². The van der Waals surface area contributed by atoms with Gasteiger partial charge >= 0.3 is 0 Å². The largest absolute Gasteiger partial charge is 0.472 e. The van der Waals surface area contributed by atoms with E-state index in [9.17, 15) is 5.11 Å². The average Bonchev–Trinajstić information content (AvgIpc) is 2.74. The van der Waals surface area contributed by atoms with E-state index in [0.29, 0.717) is 5.02 Å². The molecular weight excluding hydrogens is 212 g/mol. The Morgan fingerprint density at radius 2 is 2.07 bits per heavy atom. The molecule has 3 heteroatoms. The first-order valence-corrected chi connectivity index (χ1v) is 5.02. The van der Waals surface area contributed by atoms with Crippen LogP contribution in [0.15, 0.2) is 41.2 Å². The number of hydrogen-bond acceptors (Lipinski definition) is 2. The van der Waals surface area contributed by atoms with Crippen LogP contribution in [0.1, 0.15) is 22.8 Å². The third-order valence-corrected chi connectivity index (χ3v) is 2.78. The predicted octanol–water partition coefficient (Wildman–Crippen LogP) is 3.32. The smallest absolute Gasteiger partial charge is 0.107 e. The van der Waals surface area contributed by atoms with Gasteiger partial charge in [-0.25, -0.2) is 0 Å². The maximum absolute atomic E-state index is 9.99. The molecule has 1 aromatic carbocycles. The predicted molar refractivity (Wildman–Crippen MR) is 59.0 cm³/mol. The van der Waals surface area contributed by atoms with Crippen LogP contribution >= 0.6 is 11.6 Å². The van der Waals surface area contributed by atoms with Gasteiger partial charge in [0.1, 0.15) is 6.10 Å². The number of hydrogen-bond donors (Lipinski definition) is 1. The van der Waals surface area contributed by atoms with Gasteiger partial charge in [0.15, 0.2) is 0 Å². The van der Waals surface area contributed by atoms with Crippen molar-refractivity contribution in [1.82, 2.24) is 0 Å². The van der Waals surface area contributed by atoms with Gasteiger partial charge in [0.25, 0.3) is 0 Å². The second-order valence-electron chi connectivity index (χ2n) is 3.47. The lowest BCUT2D eigenvalue weighted by atomic mass is 10.0. The Morgan fingerprint density at radius 1 is 1.27 bits per heavy atom. The van der Waals surface area contributed by atoms with Gasteiger partial charge in [0, 0.05) is 10.6 Å². The first kappa shape index (κ1) is 10.3. The molecule has 0 radical (unpaired) electrons. The molecule has 0 bridgehead atoms. The highest BCUT2D eigenvalue weighted by atomic mass is 35.5. The van der Waals surface area contributed by atoms with E-state index in [1.807, 2.05) is 19.1 Å². The highest BCUT2D eigenvalue weighted by Crippen LogP contribution is 2.25. The zero-order valence-electron chi connectivity index (χ0n) is 8.27. The molecule has 0 aliphatic carbocycles. The molecule has 1 atom stereocenters. The molecule has 0 spiro atoms. The molecule has 1 aromatic heterocycles. The van der Waals surface area contributed by atoms with Gasteiger partial charge in [-0.2, -0.15) is 0 Å². The van der Waals surface area contributed by atoms with Crippen molar-refractivity contribution in [2.75, 3.05) is 0 Å². The molecule has 0 amide bonds. The lowest BCUT2D eigenvalue weighted by Crippen LogP contribution is -1.98. The highest BCUT2D eigenvalue weighted by molar-refractivity contribution is 6.31. The lowest BCUT2D eigenvalue weighted by Gasteiger charge is -2.10. The first-order valence-electron chi connectivity index (χ1n) is 4.64. The summed E-state index contributed by atoms with van der Waals surface area (Å²) >= 11 is 5.91. The molecule has 0 fully saturated rings. The summed E-state index contributed by atoms with van der Waals surface area (Å²) < 4.78 is 4.93.